The molecule has 20 heavy (non-hydrogen) atoms. The van der Waals surface area contributed by atoms with Gasteiger partial charge in [-0.1, -0.05) is 6.07 Å². The third-order valence-corrected chi connectivity index (χ3v) is 4.27. The number of thiophene rings is 1. The van der Waals surface area contributed by atoms with Gasteiger partial charge in [-0.05, 0) is 47.0 Å². The zero-order valence-corrected chi connectivity index (χ0v) is 11.9. The number of nitrogens with zero attached hydrogens (tertiary/aromatic N) is 2. The van der Waals surface area contributed by atoms with Gasteiger partial charge >= 0.3 is 0 Å². The van der Waals surface area contributed by atoms with E-state index in [1.54, 1.807) is 17.4 Å². The van der Waals surface area contributed by atoms with Crippen LogP contribution in [0.15, 0.2) is 47.3 Å². The molecule has 102 valence electrons. The molecule has 0 aromatic carbocycles. The van der Waals surface area contributed by atoms with Gasteiger partial charge in [0.15, 0.2) is 0 Å². The molecule has 1 atom stereocenters. The molecule has 2 aromatic heterocycles. The molecule has 0 saturated carbocycles. The molecule has 3 rings (SSSR count). The highest BCUT2D eigenvalue weighted by atomic mass is 32.1. The molecule has 0 unspecified atom stereocenters. The van der Waals surface area contributed by atoms with Crippen molar-refractivity contribution in [1.82, 2.24) is 9.88 Å². The fourth-order valence-corrected chi connectivity index (χ4v) is 3.09. The number of hydrogen-bond acceptors (Lipinski definition) is 3. The van der Waals surface area contributed by atoms with E-state index in [0.717, 1.165) is 30.8 Å². The van der Waals surface area contributed by atoms with Crippen molar-refractivity contribution >= 4 is 23.3 Å². The molecule has 0 bridgehead atoms. The topological polar surface area (TPSA) is 33.2 Å². The predicted molar refractivity (Wildman–Crippen MR) is 81.5 cm³/mol. The van der Waals surface area contributed by atoms with Gasteiger partial charge in [-0.15, -0.1) is 0 Å². The van der Waals surface area contributed by atoms with Crippen LogP contribution in [0.2, 0.25) is 0 Å². The molecular formula is C16H16N2OS. The number of carbonyl (C=O) groups excluding carboxylic acids is 1. The maximum absolute atomic E-state index is 12.1. The first-order valence-electron chi connectivity index (χ1n) is 6.73. The van der Waals surface area contributed by atoms with Crippen LogP contribution in [0.3, 0.4) is 0 Å². The maximum Gasteiger partial charge on any atom is 0.246 e. The maximum atomic E-state index is 12.1. The predicted octanol–water partition coefficient (Wildman–Crippen LogP) is 3.17. The van der Waals surface area contributed by atoms with Crippen LogP contribution in [0.5, 0.6) is 0 Å². The molecule has 0 radical (unpaired) electrons. The summed E-state index contributed by atoms with van der Waals surface area (Å²) in [5.74, 6) is 0.462. The van der Waals surface area contributed by atoms with Crippen molar-refractivity contribution in [2.75, 3.05) is 13.1 Å². The molecule has 3 heterocycles. The molecule has 1 aliphatic rings. The summed E-state index contributed by atoms with van der Waals surface area (Å²) in [7, 11) is 0. The van der Waals surface area contributed by atoms with E-state index in [9.17, 15) is 4.79 Å². The largest absolute Gasteiger partial charge is 0.338 e. The Morgan fingerprint density at radius 2 is 2.35 bits per heavy atom. The lowest BCUT2D eigenvalue weighted by Gasteiger charge is -2.14. The van der Waals surface area contributed by atoms with Gasteiger partial charge in [0.2, 0.25) is 5.91 Å². The van der Waals surface area contributed by atoms with Crippen LogP contribution in [0.25, 0.3) is 6.08 Å². The van der Waals surface area contributed by atoms with Gasteiger partial charge in [0, 0.05) is 37.0 Å². The van der Waals surface area contributed by atoms with E-state index in [1.165, 1.54) is 0 Å². The Morgan fingerprint density at radius 3 is 3.10 bits per heavy atom. The smallest absolute Gasteiger partial charge is 0.246 e. The van der Waals surface area contributed by atoms with Crippen LogP contribution in [-0.2, 0) is 4.79 Å². The molecule has 2 aromatic rings. The van der Waals surface area contributed by atoms with Crippen LogP contribution >= 0.6 is 11.3 Å². The molecular weight excluding hydrogens is 268 g/mol. The lowest BCUT2D eigenvalue weighted by atomic mass is 10.0. The van der Waals surface area contributed by atoms with Crippen LogP contribution < -0.4 is 0 Å². The summed E-state index contributed by atoms with van der Waals surface area (Å²) in [6.45, 7) is 1.58. The van der Waals surface area contributed by atoms with Crippen molar-refractivity contribution in [2.45, 2.75) is 12.3 Å². The summed E-state index contributed by atoms with van der Waals surface area (Å²) in [6, 6.07) is 7.98. The quantitative estimate of drug-likeness (QED) is 0.811. The zero-order chi connectivity index (χ0) is 13.8. The van der Waals surface area contributed by atoms with Crippen LogP contribution in [0.4, 0.5) is 0 Å². The van der Waals surface area contributed by atoms with Gasteiger partial charge in [-0.25, -0.2) is 0 Å². The van der Waals surface area contributed by atoms with Gasteiger partial charge in [0.05, 0.1) is 0 Å². The number of likely N-dealkylation sites (tertiary alicyclic amines) is 1. The number of pyridine rings is 1. The third kappa shape index (κ3) is 2.96. The average Bonchev–Trinajstić information content (AvgIpc) is 3.17. The molecule has 1 saturated heterocycles. The van der Waals surface area contributed by atoms with Crippen LogP contribution in [0, 0.1) is 0 Å². The molecule has 1 amide bonds. The molecule has 1 aliphatic heterocycles. The molecule has 1 fully saturated rings. The van der Waals surface area contributed by atoms with E-state index in [0.29, 0.717) is 5.92 Å². The molecule has 0 aliphatic carbocycles. The lowest BCUT2D eigenvalue weighted by Crippen LogP contribution is -2.26. The number of carbonyl (C=O) groups is 1. The molecule has 4 heteroatoms. The second kappa shape index (κ2) is 6.01. The van der Waals surface area contributed by atoms with Crippen molar-refractivity contribution < 1.29 is 4.79 Å². The summed E-state index contributed by atoms with van der Waals surface area (Å²) in [6.07, 6.45) is 6.36. The van der Waals surface area contributed by atoms with E-state index < -0.39 is 0 Å². The second-order valence-electron chi connectivity index (χ2n) is 4.91. The van der Waals surface area contributed by atoms with Crippen molar-refractivity contribution in [3.63, 3.8) is 0 Å². The Morgan fingerprint density at radius 1 is 1.40 bits per heavy atom. The van der Waals surface area contributed by atoms with Crippen molar-refractivity contribution in [1.29, 1.82) is 0 Å². The summed E-state index contributed by atoms with van der Waals surface area (Å²) in [5, 5.41) is 4.04. The van der Waals surface area contributed by atoms with E-state index in [4.69, 9.17) is 0 Å². The van der Waals surface area contributed by atoms with Crippen molar-refractivity contribution in [3.8, 4) is 0 Å². The second-order valence-corrected chi connectivity index (χ2v) is 5.69. The van der Waals surface area contributed by atoms with Gasteiger partial charge < -0.3 is 4.90 Å². The van der Waals surface area contributed by atoms with Gasteiger partial charge in [-0.3, -0.25) is 9.78 Å². The molecule has 0 spiro atoms. The van der Waals surface area contributed by atoms with Crippen molar-refractivity contribution in [2.24, 2.45) is 0 Å². The van der Waals surface area contributed by atoms with Crippen LogP contribution in [-0.4, -0.2) is 28.9 Å². The minimum atomic E-state index is 0.0923. The minimum Gasteiger partial charge on any atom is -0.338 e. The van der Waals surface area contributed by atoms with E-state index in [2.05, 4.69) is 4.98 Å². The number of aromatic nitrogens is 1. The highest BCUT2D eigenvalue weighted by molar-refractivity contribution is 7.08. The Bertz CT molecular complexity index is 592. The van der Waals surface area contributed by atoms with E-state index in [1.807, 2.05) is 52.2 Å². The lowest BCUT2D eigenvalue weighted by molar-refractivity contribution is -0.124. The summed E-state index contributed by atoms with van der Waals surface area (Å²) in [4.78, 5) is 18.4. The molecule has 0 N–H and O–H groups in total. The first-order chi connectivity index (χ1) is 9.83. The van der Waals surface area contributed by atoms with E-state index in [-0.39, 0.29) is 5.91 Å². The van der Waals surface area contributed by atoms with Crippen LogP contribution in [0.1, 0.15) is 23.6 Å². The van der Waals surface area contributed by atoms with E-state index >= 15 is 0 Å². The average molecular weight is 284 g/mol. The van der Waals surface area contributed by atoms with Gasteiger partial charge in [-0.2, -0.15) is 11.3 Å². The zero-order valence-electron chi connectivity index (χ0n) is 11.1. The Hall–Kier alpha value is -1.94. The summed E-state index contributed by atoms with van der Waals surface area (Å²) >= 11 is 1.64. The summed E-state index contributed by atoms with van der Waals surface area (Å²) in [5.41, 5.74) is 2.17. The third-order valence-electron chi connectivity index (χ3n) is 3.57. The van der Waals surface area contributed by atoms with Gasteiger partial charge in [0.1, 0.15) is 0 Å². The Labute approximate surface area is 122 Å². The molecule has 3 nitrogen and oxygen atoms in total. The fourth-order valence-electron chi connectivity index (χ4n) is 2.46. The SMILES string of the molecule is O=C(/C=C/c1ccsc1)N1CC[C@@H](c2ccccn2)C1. The fraction of sp³-hybridized carbons (Fsp3) is 0.250. The minimum absolute atomic E-state index is 0.0923. The number of amides is 1. The normalized spacial score (nSPS) is 18.8. The monoisotopic (exact) mass is 284 g/mol. The standard InChI is InChI=1S/C16H16N2OS/c19-16(5-4-13-7-10-20-12-13)18-9-6-14(11-18)15-3-1-2-8-17-15/h1-5,7-8,10,12,14H,6,9,11H2/b5-4+/t14-/m1/s1. The highest BCUT2D eigenvalue weighted by Gasteiger charge is 2.26. The summed E-state index contributed by atoms with van der Waals surface area (Å²) < 4.78 is 0. The first kappa shape index (κ1) is 13.1. The highest BCUT2D eigenvalue weighted by Crippen LogP contribution is 2.25. The first-order valence-corrected chi connectivity index (χ1v) is 7.67. The number of rotatable bonds is 3. The van der Waals surface area contributed by atoms with Crippen molar-refractivity contribution in [3.05, 3.63) is 58.6 Å². The number of hydrogen-bond donors (Lipinski definition) is 0. The Kier molecular flexibility index (Phi) is 3.92. The van der Waals surface area contributed by atoms with Gasteiger partial charge in [0.25, 0.3) is 0 Å². The Balaban J connectivity index is 1.61.